The first-order valence-electron chi connectivity index (χ1n) is 12.7. The predicted octanol–water partition coefficient (Wildman–Crippen LogP) is 2.03. The first-order valence-corrected chi connectivity index (χ1v) is 12.7. The molecule has 3 aliphatic heterocycles. The highest BCUT2D eigenvalue weighted by molar-refractivity contribution is 5.99. The molecule has 1 N–H and O–H groups in total. The third kappa shape index (κ3) is 3.89. The zero-order chi connectivity index (χ0) is 28.3. The number of nitrogens with zero attached hydrogens (tertiary/aromatic N) is 4. The molecule has 2 atom stereocenters. The van der Waals surface area contributed by atoms with Crippen molar-refractivity contribution in [2.75, 3.05) is 13.7 Å². The third-order valence-electron chi connectivity index (χ3n) is 7.85. The summed E-state index contributed by atoms with van der Waals surface area (Å²) in [5, 5.41) is 3.73. The Morgan fingerprint density at radius 2 is 1.77 bits per heavy atom. The Morgan fingerprint density at radius 3 is 2.40 bits per heavy atom. The van der Waals surface area contributed by atoms with Crippen LogP contribution in [0.5, 0.6) is 5.75 Å². The molecular formula is C28H24F3N5O4. The number of carbonyl (C=O) groups is 2. The molecule has 2 aromatic carbocycles. The fraction of sp³-hybridized carbons (Fsp3) is 0.321. The molecule has 3 aliphatic rings. The van der Waals surface area contributed by atoms with Crippen molar-refractivity contribution < 1.29 is 27.5 Å². The van der Waals surface area contributed by atoms with Crippen molar-refractivity contribution in [3.05, 3.63) is 97.8 Å². The molecule has 4 heterocycles. The number of carbonyl (C=O) groups excluding carboxylic acids is 2. The number of aromatic nitrogens is 1. The number of fused-ring (bicyclic) bond motifs is 6. The SMILES string of the molecule is COc1c2n(cc(C(=O)NCc3c(F)cc(F)cc3F)c1=O)[C@@H]1CN(C2=O)[C@@H](C)CCC12N=c1ccccc1=N2. The molecule has 0 aliphatic carbocycles. The number of nitrogens with one attached hydrogen (secondary N) is 1. The van der Waals surface area contributed by atoms with Crippen molar-refractivity contribution in [3.8, 4) is 5.75 Å². The molecule has 40 heavy (non-hydrogen) atoms. The van der Waals surface area contributed by atoms with Gasteiger partial charge in [0.15, 0.2) is 17.1 Å². The lowest BCUT2D eigenvalue weighted by Crippen LogP contribution is -2.51. The number of hydrogen-bond acceptors (Lipinski definition) is 6. The maximum Gasteiger partial charge on any atom is 0.274 e. The molecule has 9 nitrogen and oxygen atoms in total. The van der Waals surface area contributed by atoms with Gasteiger partial charge in [0.2, 0.25) is 5.43 Å². The molecule has 3 aromatic rings. The molecule has 6 rings (SSSR count). The summed E-state index contributed by atoms with van der Waals surface area (Å²) in [6.45, 7) is 1.51. The van der Waals surface area contributed by atoms with E-state index >= 15 is 0 Å². The van der Waals surface area contributed by atoms with Gasteiger partial charge in [-0.15, -0.1) is 0 Å². The molecule has 2 bridgehead atoms. The Bertz CT molecular complexity index is 1710. The van der Waals surface area contributed by atoms with Crippen LogP contribution in [0.25, 0.3) is 0 Å². The number of methoxy groups -OCH3 is 1. The van der Waals surface area contributed by atoms with E-state index in [2.05, 4.69) is 5.32 Å². The fourth-order valence-electron chi connectivity index (χ4n) is 5.76. The second-order valence-electron chi connectivity index (χ2n) is 10.1. The van der Waals surface area contributed by atoms with Crippen molar-refractivity contribution in [3.63, 3.8) is 0 Å². The van der Waals surface area contributed by atoms with E-state index in [1.807, 2.05) is 31.2 Å². The average molecular weight is 552 g/mol. The predicted molar refractivity (Wildman–Crippen MR) is 135 cm³/mol. The van der Waals surface area contributed by atoms with Crippen LogP contribution in [0.2, 0.25) is 0 Å². The summed E-state index contributed by atoms with van der Waals surface area (Å²) in [6.07, 6.45) is 2.38. The molecule has 1 aromatic heterocycles. The van der Waals surface area contributed by atoms with Gasteiger partial charge in [0.05, 0.1) is 23.9 Å². The van der Waals surface area contributed by atoms with E-state index in [1.54, 1.807) is 4.90 Å². The van der Waals surface area contributed by atoms with Crippen molar-refractivity contribution in [1.82, 2.24) is 14.8 Å². The van der Waals surface area contributed by atoms with E-state index < -0.39 is 64.1 Å². The van der Waals surface area contributed by atoms with Crippen LogP contribution < -0.4 is 26.2 Å². The van der Waals surface area contributed by atoms with E-state index in [0.717, 1.165) is 0 Å². The molecule has 12 heteroatoms. The van der Waals surface area contributed by atoms with Crippen LogP contribution in [0.1, 0.15) is 52.2 Å². The van der Waals surface area contributed by atoms with Crippen LogP contribution in [0.4, 0.5) is 13.2 Å². The topological polar surface area (TPSA) is 105 Å². The number of benzene rings is 2. The molecule has 0 unspecified atom stereocenters. The Kier molecular flexibility index (Phi) is 6.00. The van der Waals surface area contributed by atoms with Gasteiger partial charge in [0.1, 0.15) is 23.0 Å². The quantitative estimate of drug-likeness (QED) is 0.536. The van der Waals surface area contributed by atoms with Gasteiger partial charge in [-0.05, 0) is 31.9 Å². The van der Waals surface area contributed by atoms with Crippen LogP contribution >= 0.6 is 0 Å². The van der Waals surface area contributed by atoms with E-state index in [1.165, 1.54) is 17.9 Å². The van der Waals surface area contributed by atoms with Crippen molar-refractivity contribution in [2.45, 2.75) is 44.1 Å². The second kappa shape index (κ2) is 9.32. The number of para-hydroxylation sites is 2. The number of rotatable bonds is 4. The molecule has 1 saturated heterocycles. The van der Waals surface area contributed by atoms with Crippen LogP contribution in [0.3, 0.4) is 0 Å². The van der Waals surface area contributed by atoms with E-state index in [9.17, 15) is 27.6 Å². The monoisotopic (exact) mass is 551 g/mol. The lowest BCUT2D eigenvalue weighted by atomic mass is 9.94. The molecule has 0 radical (unpaired) electrons. The highest BCUT2D eigenvalue weighted by Crippen LogP contribution is 2.43. The summed E-state index contributed by atoms with van der Waals surface area (Å²) in [5.41, 5.74) is -2.84. The first-order chi connectivity index (χ1) is 19.1. The minimum Gasteiger partial charge on any atom is -0.491 e. The molecule has 1 spiro atoms. The number of ether oxygens (including phenoxy) is 1. The molecule has 2 amide bonds. The lowest BCUT2D eigenvalue weighted by Gasteiger charge is -2.41. The zero-order valence-corrected chi connectivity index (χ0v) is 21.6. The smallest absolute Gasteiger partial charge is 0.274 e. The van der Waals surface area contributed by atoms with Gasteiger partial charge in [0, 0.05) is 43.0 Å². The zero-order valence-electron chi connectivity index (χ0n) is 21.6. The standard InChI is InChI=1S/C28H24F3N5O4/c1-14-7-8-28(33-20-5-3-4-6-21(20)34-28)22-13-35(14)27(39)23-25(40-2)24(37)17(12-36(22)23)26(38)32-11-16-18(30)9-15(29)10-19(16)31/h3-6,9-10,12,14,22H,7-8,11,13H2,1-2H3,(H,32,38)/t14-,22+/m0/s1. The van der Waals surface area contributed by atoms with Crippen molar-refractivity contribution in [1.29, 1.82) is 0 Å². The van der Waals surface area contributed by atoms with Crippen molar-refractivity contribution >= 4 is 11.8 Å². The largest absolute Gasteiger partial charge is 0.491 e. The van der Waals surface area contributed by atoms with Gasteiger partial charge in [-0.3, -0.25) is 24.4 Å². The van der Waals surface area contributed by atoms with E-state index in [-0.39, 0.29) is 24.0 Å². The highest BCUT2D eigenvalue weighted by atomic mass is 19.1. The normalized spacial score (nSPS) is 20.2. The Morgan fingerprint density at radius 1 is 1.12 bits per heavy atom. The van der Waals surface area contributed by atoms with Gasteiger partial charge in [-0.1, -0.05) is 12.1 Å². The Hall–Kier alpha value is -4.48. The van der Waals surface area contributed by atoms with Crippen LogP contribution in [0.15, 0.2) is 57.4 Å². The summed E-state index contributed by atoms with van der Waals surface area (Å²) in [4.78, 5) is 51.9. The molecule has 1 fully saturated rings. The fourth-order valence-corrected chi connectivity index (χ4v) is 5.76. The minimum atomic E-state index is -1.18. The van der Waals surface area contributed by atoms with Crippen LogP contribution in [0, 0.1) is 17.5 Å². The van der Waals surface area contributed by atoms with Crippen LogP contribution in [-0.4, -0.2) is 46.6 Å². The molecule has 0 saturated carbocycles. The number of halogens is 3. The van der Waals surface area contributed by atoms with Gasteiger partial charge in [-0.2, -0.15) is 0 Å². The molecule has 206 valence electrons. The Labute approximate surface area is 225 Å². The van der Waals surface area contributed by atoms with Gasteiger partial charge in [-0.25, -0.2) is 13.2 Å². The molecular weight excluding hydrogens is 527 g/mol. The second-order valence-corrected chi connectivity index (χ2v) is 10.1. The number of amides is 2. The van der Waals surface area contributed by atoms with Crippen LogP contribution in [-0.2, 0) is 6.54 Å². The van der Waals surface area contributed by atoms with E-state index in [4.69, 9.17) is 14.7 Å². The highest BCUT2D eigenvalue weighted by Gasteiger charge is 2.51. The maximum absolute atomic E-state index is 14.1. The van der Waals surface area contributed by atoms with Crippen molar-refractivity contribution in [2.24, 2.45) is 9.98 Å². The summed E-state index contributed by atoms with van der Waals surface area (Å²) in [6, 6.07) is 7.67. The summed E-state index contributed by atoms with van der Waals surface area (Å²) < 4.78 is 48.5. The van der Waals surface area contributed by atoms with Gasteiger partial charge < -0.3 is 19.5 Å². The minimum absolute atomic E-state index is 0.0228. The summed E-state index contributed by atoms with van der Waals surface area (Å²) >= 11 is 0. The summed E-state index contributed by atoms with van der Waals surface area (Å²) in [7, 11) is 1.22. The first kappa shape index (κ1) is 25.8. The number of hydrogen-bond donors (Lipinski definition) is 1. The van der Waals surface area contributed by atoms with Gasteiger partial charge in [0.25, 0.3) is 11.8 Å². The lowest BCUT2D eigenvalue weighted by molar-refractivity contribution is 0.0580. The average Bonchev–Trinajstić information content (AvgIpc) is 3.25. The van der Waals surface area contributed by atoms with Gasteiger partial charge >= 0.3 is 0 Å². The summed E-state index contributed by atoms with van der Waals surface area (Å²) in [5.74, 6) is -5.16. The number of pyridine rings is 1. The van der Waals surface area contributed by atoms with E-state index in [0.29, 0.717) is 35.7 Å². The Balaban J connectivity index is 1.47. The third-order valence-corrected chi connectivity index (χ3v) is 7.85. The maximum atomic E-state index is 14.1.